The van der Waals surface area contributed by atoms with E-state index in [4.69, 9.17) is 4.74 Å². The summed E-state index contributed by atoms with van der Waals surface area (Å²) < 4.78 is 6.52. The molecule has 1 heterocycles. The number of thiophene rings is 1. The molecule has 0 radical (unpaired) electrons. The van der Waals surface area contributed by atoms with Crippen LogP contribution in [0.4, 0.5) is 0 Å². The molecule has 0 aliphatic carbocycles. The van der Waals surface area contributed by atoms with E-state index in [1.54, 1.807) is 0 Å². The number of hydrogen-bond donors (Lipinski definition) is 0. The van der Waals surface area contributed by atoms with E-state index in [1.807, 2.05) is 32.9 Å². The van der Waals surface area contributed by atoms with Crippen LogP contribution in [0.3, 0.4) is 0 Å². The highest BCUT2D eigenvalue weighted by Crippen LogP contribution is 2.23. The summed E-state index contributed by atoms with van der Waals surface area (Å²) in [5, 5.41) is 0. The minimum absolute atomic E-state index is 0.0484. The molecule has 0 saturated carbocycles. The minimum atomic E-state index is -0.218. The van der Waals surface area contributed by atoms with Crippen molar-refractivity contribution >= 4 is 33.0 Å². The van der Waals surface area contributed by atoms with Gasteiger partial charge in [-0.25, -0.2) is 0 Å². The molecule has 1 aromatic heterocycles. The first-order valence-corrected chi connectivity index (χ1v) is 6.48. The minimum Gasteiger partial charge on any atom is -0.367 e. The van der Waals surface area contributed by atoms with Crippen molar-refractivity contribution in [1.29, 1.82) is 0 Å². The molecule has 0 N–H and O–H groups in total. The third kappa shape index (κ3) is 4.05. The van der Waals surface area contributed by atoms with Gasteiger partial charge in [0.2, 0.25) is 0 Å². The predicted molar refractivity (Wildman–Crippen MR) is 66.7 cm³/mol. The Labute approximate surface area is 103 Å². The van der Waals surface area contributed by atoms with Gasteiger partial charge in [-0.05, 0) is 48.3 Å². The molecule has 0 saturated heterocycles. The number of Topliss-reactive ketones (excluding diaryl/α,β-unsaturated/α-hetero) is 1. The second-order valence-corrected chi connectivity index (χ2v) is 6.39. The number of carbonyl (C=O) groups excluding carboxylic acids is 1. The molecule has 0 amide bonds. The van der Waals surface area contributed by atoms with Gasteiger partial charge in [0.15, 0.2) is 5.78 Å². The van der Waals surface area contributed by atoms with Gasteiger partial charge >= 0.3 is 0 Å². The van der Waals surface area contributed by atoms with Crippen LogP contribution in [0.15, 0.2) is 15.9 Å². The zero-order chi connectivity index (χ0) is 11.5. The van der Waals surface area contributed by atoms with Gasteiger partial charge < -0.3 is 4.74 Å². The Morgan fingerprint density at radius 2 is 2.20 bits per heavy atom. The van der Waals surface area contributed by atoms with E-state index in [0.717, 1.165) is 15.1 Å². The molecule has 0 atom stereocenters. The average Bonchev–Trinajstić information content (AvgIpc) is 2.61. The van der Waals surface area contributed by atoms with Gasteiger partial charge in [-0.3, -0.25) is 4.79 Å². The summed E-state index contributed by atoms with van der Waals surface area (Å²) in [6, 6.07) is 3.70. The third-order valence-electron chi connectivity index (χ3n) is 2.29. The van der Waals surface area contributed by atoms with E-state index < -0.39 is 0 Å². The maximum absolute atomic E-state index is 11.7. The lowest BCUT2D eigenvalue weighted by atomic mass is 10.1. The highest BCUT2D eigenvalue weighted by molar-refractivity contribution is 9.11. The van der Waals surface area contributed by atoms with Gasteiger partial charge in [0, 0.05) is 0 Å². The van der Waals surface area contributed by atoms with Crippen molar-refractivity contribution in [2.75, 3.05) is 6.61 Å². The van der Waals surface area contributed by atoms with Crippen molar-refractivity contribution in [2.24, 2.45) is 0 Å². The van der Waals surface area contributed by atoms with Gasteiger partial charge in [0.25, 0.3) is 0 Å². The quantitative estimate of drug-likeness (QED) is 0.769. The van der Waals surface area contributed by atoms with Crippen molar-refractivity contribution in [3.63, 3.8) is 0 Å². The molecule has 0 aromatic carbocycles. The van der Waals surface area contributed by atoms with Crippen molar-refractivity contribution in [2.45, 2.75) is 32.8 Å². The van der Waals surface area contributed by atoms with E-state index >= 15 is 0 Å². The average molecular weight is 291 g/mol. The SMILES string of the molecule is CCC(C)(C)OCC(=O)c1ccc(Br)s1. The van der Waals surface area contributed by atoms with Gasteiger partial charge in [0.05, 0.1) is 14.3 Å². The molecule has 1 aromatic rings. The van der Waals surface area contributed by atoms with Gasteiger partial charge in [0.1, 0.15) is 6.61 Å². The van der Waals surface area contributed by atoms with Gasteiger partial charge in [-0.15, -0.1) is 11.3 Å². The van der Waals surface area contributed by atoms with Crippen LogP contribution in [-0.4, -0.2) is 18.0 Å². The van der Waals surface area contributed by atoms with Crippen LogP contribution in [0.2, 0.25) is 0 Å². The second kappa shape index (κ2) is 5.23. The smallest absolute Gasteiger partial charge is 0.198 e. The molecule has 2 nitrogen and oxygen atoms in total. The van der Waals surface area contributed by atoms with Crippen LogP contribution in [0.1, 0.15) is 36.9 Å². The van der Waals surface area contributed by atoms with Crippen molar-refractivity contribution < 1.29 is 9.53 Å². The summed E-state index contributed by atoms with van der Waals surface area (Å²) in [4.78, 5) is 12.4. The van der Waals surface area contributed by atoms with Gasteiger partial charge in [-0.2, -0.15) is 0 Å². The standard InChI is InChI=1S/C11H15BrO2S/c1-4-11(2,3)14-7-8(13)9-5-6-10(12)15-9/h5-6H,4,7H2,1-3H3. The first-order chi connectivity index (χ1) is 6.94. The number of ketones is 1. The van der Waals surface area contributed by atoms with Crippen LogP contribution in [0.5, 0.6) is 0 Å². The lowest BCUT2D eigenvalue weighted by Crippen LogP contribution is -2.26. The fraction of sp³-hybridized carbons (Fsp3) is 0.545. The Kier molecular flexibility index (Phi) is 4.49. The molecular weight excluding hydrogens is 276 g/mol. The Morgan fingerprint density at radius 1 is 1.53 bits per heavy atom. The van der Waals surface area contributed by atoms with Gasteiger partial charge in [-0.1, -0.05) is 6.92 Å². The number of ether oxygens (including phenoxy) is 1. The van der Waals surface area contributed by atoms with Crippen LogP contribution >= 0.6 is 27.3 Å². The predicted octanol–water partition coefficient (Wildman–Crippen LogP) is 3.90. The van der Waals surface area contributed by atoms with Crippen LogP contribution in [-0.2, 0) is 4.74 Å². The molecule has 0 bridgehead atoms. The summed E-state index contributed by atoms with van der Waals surface area (Å²) in [5.74, 6) is 0.0484. The van der Waals surface area contributed by atoms with Crippen LogP contribution in [0, 0.1) is 0 Å². The van der Waals surface area contributed by atoms with E-state index in [1.165, 1.54) is 11.3 Å². The Morgan fingerprint density at radius 3 is 2.67 bits per heavy atom. The number of rotatable bonds is 5. The van der Waals surface area contributed by atoms with Crippen LogP contribution < -0.4 is 0 Å². The topological polar surface area (TPSA) is 26.3 Å². The normalized spacial score (nSPS) is 11.7. The van der Waals surface area contributed by atoms with E-state index in [-0.39, 0.29) is 18.0 Å². The lowest BCUT2D eigenvalue weighted by molar-refractivity contribution is -0.0120. The second-order valence-electron chi connectivity index (χ2n) is 3.93. The monoisotopic (exact) mass is 290 g/mol. The summed E-state index contributed by atoms with van der Waals surface area (Å²) in [7, 11) is 0. The Hall–Kier alpha value is -0.190. The van der Waals surface area contributed by atoms with E-state index in [2.05, 4.69) is 15.9 Å². The maximum atomic E-state index is 11.7. The molecule has 0 aliphatic rings. The largest absolute Gasteiger partial charge is 0.367 e. The number of halogens is 1. The molecule has 0 fully saturated rings. The summed E-state index contributed by atoms with van der Waals surface area (Å²) in [6.07, 6.45) is 0.897. The molecule has 0 aliphatic heterocycles. The first kappa shape index (κ1) is 12.9. The summed E-state index contributed by atoms with van der Waals surface area (Å²) in [6.45, 7) is 6.19. The first-order valence-electron chi connectivity index (χ1n) is 4.87. The number of carbonyl (C=O) groups is 1. The molecular formula is C11H15BrO2S. The highest BCUT2D eigenvalue weighted by atomic mass is 79.9. The third-order valence-corrected chi connectivity index (χ3v) is 3.96. The Balaban J connectivity index is 2.50. The van der Waals surface area contributed by atoms with E-state index in [9.17, 15) is 4.79 Å². The molecule has 1 rings (SSSR count). The molecule has 0 spiro atoms. The van der Waals surface area contributed by atoms with Crippen molar-refractivity contribution in [1.82, 2.24) is 0 Å². The molecule has 84 valence electrons. The zero-order valence-electron chi connectivity index (χ0n) is 9.17. The highest BCUT2D eigenvalue weighted by Gasteiger charge is 2.18. The van der Waals surface area contributed by atoms with Crippen molar-refractivity contribution in [3.05, 3.63) is 20.8 Å². The number of hydrogen-bond acceptors (Lipinski definition) is 3. The molecule has 0 unspecified atom stereocenters. The lowest BCUT2D eigenvalue weighted by Gasteiger charge is -2.22. The fourth-order valence-corrected chi connectivity index (χ4v) is 2.21. The maximum Gasteiger partial charge on any atom is 0.198 e. The van der Waals surface area contributed by atoms with Crippen molar-refractivity contribution in [3.8, 4) is 0 Å². The van der Waals surface area contributed by atoms with E-state index in [0.29, 0.717) is 0 Å². The zero-order valence-corrected chi connectivity index (χ0v) is 11.6. The fourth-order valence-electron chi connectivity index (χ4n) is 0.898. The molecule has 15 heavy (non-hydrogen) atoms. The Bertz CT molecular complexity index is 344. The summed E-state index contributed by atoms with van der Waals surface area (Å²) in [5.41, 5.74) is -0.218. The summed E-state index contributed by atoms with van der Waals surface area (Å²) >= 11 is 4.77. The molecule has 4 heteroatoms. The van der Waals surface area contributed by atoms with Crippen LogP contribution in [0.25, 0.3) is 0 Å².